The van der Waals surface area contributed by atoms with Crippen LogP contribution in [0.25, 0.3) is 0 Å². The van der Waals surface area contributed by atoms with E-state index < -0.39 is 0 Å². The fourth-order valence-electron chi connectivity index (χ4n) is 4.37. The van der Waals surface area contributed by atoms with E-state index in [1.807, 2.05) is 36.1 Å². The summed E-state index contributed by atoms with van der Waals surface area (Å²) in [5.74, 6) is 0.912. The molecule has 0 aromatic heterocycles. The fraction of sp³-hybridized carbons (Fsp3) is 0.636. The quantitative estimate of drug-likeness (QED) is 0.835. The highest BCUT2D eigenvalue weighted by Gasteiger charge is 2.49. The van der Waals surface area contributed by atoms with Crippen LogP contribution < -0.4 is 10.6 Å². The molecule has 2 heterocycles. The van der Waals surface area contributed by atoms with Gasteiger partial charge in [-0.05, 0) is 57.1 Å². The number of rotatable bonds is 4. The Morgan fingerprint density at radius 1 is 1.18 bits per heavy atom. The molecule has 3 atom stereocenters. The van der Waals surface area contributed by atoms with Crippen molar-refractivity contribution in [2.24, 2.45) is 11.8 Å². The number of piperidine rings is 1. The molecule has 2 aliphatic heterocycles. The summed E-state index contributed by atoms with van der Waals surface area (Å²) in [6, 6.07) is 7.76. The van der Waals surface area contributed by atoms with Gasteiger partial charge in [-0.3, -0.25) is 4.79 Å². The molecule has 6 nitrogen and oxygen atoms in total. The third-order valence-corrected chi connectivity index (χ3v) is 6.55. The Balaban J connectivity index is 1.30. The van der Waals surface area contributed by atoms with Gasteiger partial charge in [0.05, 0.1) is 5.60 Å². The van der Waals surface area contributed by atoms with E-state index in [9.17, 15) is 9.59 Å². The maximum absolute atomic E-state index is 12.6. The smallest absolute Gasteiger partial charge is 0.321 e. The lowest BCUT2D eigenvalue weighted by Crippen LogP contribution is -2.54. The monoisotopic (exact) mass is 385 g/mol. The predicted molar refractivity (Wildman–Crippen MR) is 108 cm³/mol. The molecule has 1 aromatic carbocycles. The van der Waals surface area contributed by atoms with E-state index in [2.05, 4.69) is 17.6 Å². The van der Waals surface area contributed by atoms with E-state index >= 15 is 0 Å². The molecule has 6 heteroatoms. The number of benzene rings is 1. The number of likely N-dealkylation sites (tertiary alicyclic amines) is 1. The third-order valence-electron chi connectivity index (χ3n) is 6.55. The molecule has 3 amide bonds. The number of carbonyl (C=O) groups is 2. The van der Waals surface area contributed by atoms with Crippen LogP contribution in [0, 0.1) is 18.8 Å². The number of ether oxygens (including phenoxy) is 1. The first-order valence-electron chi connectivity index (χ1n) is 10.5. The van der Waals surface area contributed by atoms with Gasteiger partial charge in [0.1, 0.15) is 6.10 Å². The predicted octanol–water partition coefficient (Wildman–Crippen LogP) is 3.31. The van der Waals surface area contributed by atoms with Crippen LogP contribution in [-0.4, -0.2) is 48.2 Å². The Bertz CT molecular complexity index is 731. The summed E-state index contributed by atoms with van der Waals surface area (Å²) < 4.78 is 6.31. The van der Waals surface area contributed by atoms with Crippen LogP contribution >= 0.6 is 0 Å². The second-order valence-electron chi connectivity index (χ2n) is 8.79. The second kappa shape index (κ2) is 7.74. The zero-order valence-electron chi connectivity index (χ0n) is 16.9. The van der Waals surface area contributed by atoms with Gasteiger partial charge in [0, 0.05) is 31.2 Å². The molecule has 2 N–H and O–H groups in total. The fourth-order valence-corrected chi connectivity index (χ4v) is 4.37. The summed E-state index contributed by atoms with van der Waals surface area (Å²) in [6.07, 6.45) is 4.57. The van der Waals surface area contributed by atoms with E-state index in [0.717, 1.165) is 31.5 Å². The number of aryl methyl sites for hydroxylation is 1. The zero-order valence-corrected chi connectivity index (χ0v) is 16.9. The normalized spacial score (nSPS) is 29.7. The largest absolute Gasteiger partial charge is 0.362 e. The number of nitrogens with one attached hydrogen (secondary N) is 2. The van der Waals surface area contributed by atoms with Crippen molar-refractivity contribution in [3.05, 3.63) is 29.8 Å². The first-order chi connectivity index (χ1) is 13.4. The summed E-state index contributed by atoms with van der Waals surface area (Å²) in [5.41, 5.74) is 1.70. The van der Waals surface area contributed by atoms with Gasteiger partial charge in [-0.25, -0.2) is 4.79 Å². The minimum absolute atomic E-state index is 0.0375. The summed E-state index contributed by atoms with van der Waals surface area (Å²) in [4.78, 5) is 26.9. The van der Waals surface area contributed by atoms with E-state index in [1.54, 1.807) is 0 Å². The van der Waals surface area contributed by atoms with Crippen molar-refractivity contribution >= 4 is 17.6 Å². The van der Waals surface area contributed by atoms with Crippen LogP contribution in [0.15, 0.2) is 24.3 Å². The molecule has 1 aliphatic carbocycles. The van der Waals surface area contributed by atoms with Gasteiger partial charge >= 0.3 is 6.03 Å². The standard InChI is InChI=1S/C22H31N3O3/c1-15-3-7-18(8-4-15)24-21(27)25-12-11-22(16(2)14-25)10-9-19(28-22)20(26)23-13-17-5-6-17/h3-4,7-8,16-17,19H,5-6,9-14H2,1-2H3,(H,23,26)(H,24,27)/t16-,19-,22+/m0/s1. The van der Waals surface area contributed by atoms with Gasteiger partial charge in [0.2, 0.25) is 5.91 Å². The van der Waals surface area contributed by atoms with Crippen molar-refractivity contribution in [2.45, 2.75) is 57.7 Å². The summed E-state index contributed by atoms with van der Waals surface area (Å²) in [6.45, 7) is 6.25. The van der Waals surface area contributed by atoms with Crippen LogP contribution in [0.3, 0.4) is 0 Å². The number of hydrogen-bond acceptors (Lipinski definition) is 3. The lowest BCUT2D eigenvalue weighted by molar-refractivity contribution is -0.146. The van der Waals surface area contributed by atoms with Gasteiger partial charge in [0.15, 0.2) is 0 Å². The Morgan fingerprint density at radius 2 is 1.93 bits per heavy atom. The molecule has 152 valence electrons. The molecular weight excluding hydrogens is 354 g/mol. The second-order valence-corrected chi connectivity index (χ2v) is 8.79. The minimum atomic E-state index is -0.339. The van der Waals surface area contributed by atoms with Crippen molar-refractivity contribution < 1.29 is 14.3 Å². The third kappa shape index (κ3) is 4.17. The van der Waals surface area contributed by atoms with E-state index in [-0.39, 0.29) is 29.6 Å². The molecular formula is C22H31N3O3. The van der Waals surface area contributed by atoms with Gasteiger partial charge in [-0.15, -0.1) is 0 Å². The van der Waals surface area contributed by atoms with Gasteiger partial charge in [0.25, 0.3) is 0 Å². The number of anilines is 1. The molecule has 1 spiro atoms. The minimum Gasteiger partial charge on any atom is -0.362 e. The Kier molecular flexibility index (Phi) is 5.32. The van der Waals surface area contributed by atoms with Crippen molar-refractivity contribution in [3.63, 3.8) is 0 Å². The molecule has 4 rings (SSSR count). The number of amides is 3. The number of nitrogens with zero attached hydrogens (tertiary/aromatic N) is 1. The highest BCUT2D eigenvalue weighted by molar-refractivity contribution is 5.89. The molecule has 28 heavy (non-hydrogen) atoms. The van der Waals surface area contributed by atoms with Gasteiger partial charge in [-0.1, -0.05) is 24.6 Å². The van der Waals surface area contributed by atoms with E-state index in [4.69, 9.17) is 4.74 Å². The maximum Gasteiger partial charge on any atom is 0.321 e. The number of urea groups is 1. The summed E-state index contributed by atoms with van der Waals surface area (Å²) in [7, 11) is 0. The number of hydrogen-bond donors (Lipinski definition) is 2. The van der Waals surface area contributed by atoms with Crippen LogP contribution in [0.5, 0.6) is 0 Å². The Labute approximate surface area is 167 Å². The topological polar surface area (TPSA) is 70.7 Å². The van der Waals surface area contributed by atoms with Crippen LogP contribution in [0.1, 0.15) is 44.6 Å². The molecule has 1 saturated carbocycles. The molecule has 3 fully saturated rings. The van der Waals surface area contributed by atoms with Crippen LogP contribution in [0.4, 0.5) is 10.5 Å². The Hall–Kier alpha value is -2.08. The SMILES string of the molecule is Cc1ccc(NC(=O)N2CC[C@]3(CC[C@@H](C(=O)NCC4CC4)O3)[C@@H](C)C2)cc1. The molecule has 2 saturated heterocycles. The number of carbonyl (C=O) groups excluding carboxylic acids is 2. The van der Waals surface area contributed by atoms with Crippen molar-refractivity contribution in [1.29, 1.82) is 0 Å². The first kappa shape index (κ1) is 19.2. The van der Waals surface area contributed by atoms with E-state index in [0.29, 0.717) is 19.0 Å². The highest BCUT2D eigenvalue weighted by Crippen LogP contribution is 2.42. The van der Waals surface area contributed by atoms with Crippen molar-refractivity contribution in [2.75, 3.05) is 25.0 Å². The summed E-state index contributed by atoms with van der Waals surface area (Å²) in [5, 5.41) is 6.02. The zero-order chi connectivity index (χ0) is 19.7. The van der Waals surface area contributed by atoms with E-state index in [1.165, 1.54) is 18.4 Å². The molecule has 3 aliphatic rings. The lowest BCUT2D eigenvalue weighted by atomic mass is 9.80. The van der Waals surface area contributed by atoms with Crippen molar-refractivity contribution in [3.8, 4) is 0 Å². The highest BCUT2D eigenvalue weighted by atomic mass is 16.5. The molecule has 0 unspecified atom stereocenters. The molecule has 0 radical (unpaired) electrons. The maximum atomic E-state index is 12.6. The average molecular weight is 386 g/mol. The lowest BCUT2D eigenvalue weighted by Gasteiger charge is -2.44. The first-order valence-corrected chi connectivity index (χ1v) is 10.5. The van der Waals surface area contributed by atoms with Crippen LogP contribution in [0.2, 0.25) is 0 Å². The molecule has 1 aromatic rings. The molecule has 0 bridgehead atoms. The van der Waals surface area contributed by atoms with Gasteiger partial charge < -0.3 is 20.3 Å². The van der Waals surface area contributed by atoms with Crippen LogP contribution in [-0.2, 0) is 9.53 Å². The Morgan fingerprint density at radius 3 is 2.61 bits per heavy atom. The van der Waals surface area contributed by atoms with Crippen molar-refractivity contribution in [1.82, 2.24) is 10.2 Å². The summed E-state index contributed by atoms with van der Waals surface area (Å²) >= 11 is 0. The van der Waals surface area contributed by atoms with Gasteiger partial charge in [-0.2, -0.15) is 0 Å². The average Bonchev–Trinajstić information content (AvgIpc) is 3.42.